The molecule has 2 atom stereocenters. The summed E-state index contributed by atoms with van der Waals surface area (Å²) in [6.07, 6.45) is 9.16. The van der Waals surface area contributed by atoms with Crippen molar-refractivity contribution < 1.29 is 0 Å². The van der Waals surface area contributed by atoms with Crippen molar-refractivity contribution in [3.05, 3.63) is 58.7 Å². The minimum Gasteiger partial charge on any atom is -0.379 e. The maximum atomic E-state index is 4.99. The van der Waals surface area contributed by atoms with E-state index in [-0.39, 0.29) is 0 Å². The molecule has 0 amide bonds. The summed E-state index contributed by atoms with van der Waals surface area (Å²) in [4.78, 5) is 9.28. The minimum atomic E-state index is 0.425. The predicted molar refractivity (Wildman–Crippen MR) is 127 cm³/mol. The molecule has 0 radical (unpaired) electrons. The van der Waals surface area contributed by atoms with Gasteiger partial charge in [-0.2, -0.15) is 0 Å². The number of amidine groups is 1. The minimum absolute atomic E-state index is 0.425. The molecule has 0 spiro atoms. The molecule has 0 aromatic heterocycles. The highest BCUT2D eigenvalue weighted by Gasteiger charge is 2.31. The van der Waals surface area contributed by atoms with Crippen molar-refractivity contribution in [1.82, 2.24) is 5.32 Å². The topological polar surface area (TPSA) is 48.8 Å². The number of fused-ring (bicyclic) bond motifs is 1. The van der Waals surface area contributed by atoms with E-state index < -0.39 is 0 Å². The number of hydrogen-bond acceptors (Lipinski definition) is 4. The SMILES string of the molecule is C=Nc1c(C)cc(C2=N[C@H]3CCCCC3N2)cc1NC/C(C(=C)C)=C(C)/C=C\C. The lowest BCUT2D eigenvalue weighted by atomic mass is 9.92. The van der Waals surface area contributed by atoms with E-state index in [0.717, 1.165) is 33.9 Å². The first-order valence-electron chi connectivity index (χ1n) is 10.6. The van der Waals surface area contributed by atoms with E-state index in [1.54, 1.807) is 0 Å². The van der Waals surface area contributed by atoms with E-state index in [2.05, 4.69) is 74.0 Å². The van der Waals surface area contributed by atoms with Gasteiger partial charge >= 0.3 is 0 Å². The van der Waals surface area contributed by atoms with Gasteiger partial charge in [0, 0.05) is 18.2 Å². The number of anilines is 1. The van der Waals surface area contributed by atoms with Crippen LogP contribution in [-0.4, -0.2) is 31.2 Å². The summed E-state index contributed by atoms with van der Waals surface area (Å²) in [5.41, 5.74) is 7.61. The molecule has 4 nitrogen and oxygen atoms in total. The van der Waals surface area contributed by atoms with Gasteiger partial charge in [-0.25, -0.2) is 0 Å². The van der Waals surface area contributed by atoms with E-state index in [4.69, 9.17) is 4.99 Å². The van der Waals surface area contributed by atoms with E-state index >= 15 is 0 Å². The number of nitrogens with zero attached hydrogens (tertiary/aromatic N) is 2. The predicted octanol–water partition coefficient (Wildman–Crippen LogP) is 5.87. The second-order valence-electron chi connectivity index (χ2n) is 8.22. The second kappa shape index (κ2) is 9.25. The summed E-state index contributed by atoms with van der Waals surface area (Å²) >= 11 is 0. The fraction of sp³-hybridized carbons (Fsp3) is 0.440. The van der Waals surface area contributed by atoms with E-state index in [1.165, 1.54) is 36.8 Å². The molecule has 1 fully saturated rings. The Kier molecular flexibility index (Phi) is 6.73. The monoisotopic (exact) mass is 390 g/mol. The van der Waals surface area contributed by atoms with Gasteiger partial charge in [-0.1, -0.05) is 37.1 Å². The van der Waals surface area contributed by atoms with Crippen LogP contribution in [0.15, 0.2) is 57.6 Å². The third-order valence-electron chi connectivity index (χ3n) is 5.94. The molecular formula is C25H34N4. The zero-order chi connectivity index (χ0) is 21.0. The van der Waals surface area contributed by atoms with Crippen LogP contribution in [0.4, 0.5) is 11.4 Å². The molecular weight excluding hydrogens is 356 g/mol. The lowest BCUT2D eigenvalue weighted by Gasteiger charge is -2.23. The molecule has 3 rings (SSSR count). The number of benzene rings is 1. The Morgan fingerprint density at radius 3 is 2.72 bits per heavy atom. The highest BCUT2D eigenvalue weighted by molar-refractivity contribution is 6.02. The number of allylic oxidation sites excluding steroid dienone is 3. The van der Waals surface area contributed by atoms with Crippen LogP contribution < -0.4 is 10.6 Å². The Bertz CT molecular complexity index is 888. The summed E-state index contributed by atoms with van der Waals surface area (Å²) in [5.74, 6) is 1.02. The first-order chi connectivity index (χ1) is 13.9. The van der Waals surface area contributed by atoms with Crippen LogP contribution in [-0.2, 0) is 0 Å². The van der Waals surface area contributed by atoms with Crippen LogP contribution in [0, 0.1) is 6.92 Å². The standard InChI is InChI=1S/C25H34N4/c1-7-10-17(4)20(16(2)3)15-27-23-14-19(13-18(5)24(23)26-6)25-28-21-11-8-9-12-22(21)29-25/h7,10,13-14,21-22,27H,2,6,8-9,11-12,15H2,1,3-5H3,(H,28,29)/b10-7-,20-17-/t21-,22?/m0/s1. The largest absolute Gasteiger partial charge is 0.379 e. The number of hydrogen-bond donors (Lipinski definition) is 2. The molecule has 154 valence electrons. The third-order valence-corrected chi connectivity index (χ3v) is 5.94. The fourth-order valence-corrected chi connectivity index (χ4v) is 4.39. The molecule has 2 N–H and O–H groups in total. The van der Waals surface area contributed by atoms with Crippen molar-refractivity contribution in [2.45, 2.75) is 65.5 Å². The molecule has 1 saturated carbocycles. The van der Waals surface area contributed by atoms with Gasteiger partial charge in [0.25, 0.3) is 0 Å². The lowest BCUT2D eigenvalue weighted by molar-refractivity contribution is 0.385. The first kappa shape index (κ1) is 21.1. The summed E-state index contributed by atoms with van der Waals surface area (Å²) in [6, 6.07) is 5.24. The maximum absolute atomic E-state index is 4.99. The average Bonchev–Trinajstić information content (AvgIpc) is 3.12. The third kappa shape index (κ3) is 4.69. The van der Waals surface area contributed by atoms with Gasteiger partial charge in [0.2, 0.25) is 0 Å². The fourth-order valence-electron chi connectivity index (χ4n) is 4.39. The van der Waals surface area contributed by atoms with Gasteiger partial charge in [0.15, 0.2) is 0 Å². The van der Waals surface area contributed by atoms with Gasteiger partial charge in [-0.15, -0.1) is 0 Å². The van der Waals surface area contributed by atoms with Crippen molar-refractivity contribution in [1.29, 1.82) is 0 Å². The van der Waals surface area contributed by atoms with Crippen LogP contribution >= 0.6 is 0 Å². The van der Waals surface area contributed by atoms with E-state index in [0.29, 0.717) is 18.6 Å². The van der Waals surface area contributed by atoms with Gasteiger partial charge < -0.3 is 10.6 Å². The number of aryl methyl sites for hydroxylation is 1. The molecule has 1 heterocycles. The summed E-state index contributed by atoms with van der Waals surface area (Å²) in [5, 5.41) is 7.25. The lowest BCUT2D eigenvalue weighted by Crippen LogP contribution is -2.37. The second-order valence-corrected chi connectivity index (χ2v) is 8.22. The summed E-state index contributed by atoms with van der Waals surface area (Å²) < 4.78 is 0. The Balaban J connectivity index is 1.89. The molecule has 29 heavy (non-hydrogen) atoms. The maximum Gasteiger partial charge on any atom is 0.128 e. The van der Waals surface area contributed by atoms with Gasteiger partial charge in [0.1, 0.15) is 5.84 Å². The average molecular weight is 391 g/mol. The molecule has 0 bridgehead atoms. The van der Waals surface area contributed by atoms with E-state index in [1.807, 2.05) is 6.92 Å². The zero-order valence-corrected chi connectivity index (χ0v) is 18.3. The van der Waals surface area contributed by atoms with Crippen LogP contribution in [0.3, 0.4) is 0 Å². The van der Waals surface area contributed by atoms with Crippen molar-refractivity contribution in [2.24, 2.45) is 9.98 Å². The molecule has 1 aromatic rings. The van der Waals surface area contributed by atoms with Gasteiger partial charge in [-0.05, 0) is 76.1 Å². The Morgan fingerprint density at radius 2 is 2.07 bits per heavy atom. The van der Waals surface area contributed by atoms with Gasteiger partial charge in [0.05, 0.1) is 17.4 Å². The zero-order valence-electron chi connectivity index (χ0n) is 18.3. The number of nitrogens with one attached hydrogen (secondary N) is 2. The molecule has 1 aromatic carbocycles. The molecule has 1 aliphatic heterocycles. The normalized spacial score (nSPS) is 21.9. The highest BCUT2D eigenvalue weighted by atomic mass is 15.1. The van der Waals surface area contributed by atoms with E-state index in [9.17, 15) is 0 Å². The number of aliphatic imine (C=N–C) groups is 2. The molecule has 0 saturated heterocycles. The molecule has 2 aliphatic rings. The summed E-state index contributed by atoms with van der Waals surface area (Å²) in [6.45, 7) is 16.9. The van der Waals surface area contributed by atoms with Gasteiger partial charge in [-0.3, -0.25) is 9.98 Å². The van der Waals surface area contributed by atoms with Crippen LogP contribution in [0.5, 0.6) is 0 Å². The Labute approximate surface area is 175 Å². The van der Waals surface area contributed by atoms with Crippen LogP contribution in [0.1, 0.15) is 57.6 Å². The Morgan fingerprint density at radius 1 is 1.31 bits per heavy atom. The van der Waals surface area contributed by atoms with Crippen LogP contribution in [0.2, 0.25) is 0 Å². The molecule has 1 aliphatic carbocycles. The van der Waals surface area contributed by atoms with Crippen molar-refractivity contribution >= 4 is 23.9 Å². The Hall–Kier alpha value is -2.62. The van der Waals surface area contributed by atoms with Crippen molar-refractivity contribution in [3.8, 4) is 0 Å². The molecule has 1 unspecified atom stereocenters. The highest BCUT2D eigenvalue weighted by Crippen LogP contribution is 2.33. The van der Waals surface area contributed by atoms with Crippen molar-refractivity contribution in [2.75, 3.05) is 11.9 Å². The smallest absolute Gasteiger partial charge is 0.128 e. The first-order valence-corrected chi connectivity index (χ1v) is 10.6. The molecule has 4 heteroatoms. The number of rotatable bonds is 7. The quantitative estimate of drug-likeness (QED) is 0.452. The van der Waals surface area contributed by atoms with Crippen LogP contribution in [0.25, 0.3) is 0 Å². The summed E-state index contributed by atoms with van der Waals surface area (Å²) in [7, 11) is 0. The van der Waals surface area contributed by atoms with Crippen molar-refractivity contribution in [3.63, 3.8) is 0 Å².